The van der Waals surface area contributed by atoms with Gasteiger partial charge >= 0.3 is 0 Å². The van der Waals surface area contributed by atoms with Gasteiger partial charge in [0, 0.05) is 12.1 Å². The molecule has 0 aliphatic heterocycles. The topological polar surface area (TPSA) is 47.8 Å². The molecule has 2 aromatic rings. The summed E-state index contributed by atoms with van der Waals surface area (Å²) < 4.78 is 1.76. The molecule has 0 atom stereocenters. The molecule has 1 heterocycles. The minimum atomic E-state index is -0.0509. The van der Waals surface area contributed by atoms with Gasteiger partial charge in [-0.2, -0.15) is 5.10 Å². The van der Waals surface area contributed by atoms with Crippen LogP contribution >= 0.6 is 0 Å². The van der Waals surface area contributed by atoms with Crippen LogP contribution in [0, 0.1) is 0 Å². The molecular weight excluding hydrogens is 250 g/mol. The molecule has 0 saturated heterocycles. The third-order valence-electron chi connectivity index (χ3n) is 3.35. The zero-order valence-electron chi connectivity index (χ0n) is 12.6. The predicted octanol–water partition coefficient (Wildman–Crippen LogP) is 3.02. The number of aryl methyl sites for hydroxylation is 1. The Morgan fingerprint density at radius 2 is 1.95 bits per heavy atom. The zero-order chi connectivity index (χ0) is 14.8. The number of nitrogens with zero attached hydrogens (tertiary/aromatic N) is 3. The second kappa shape index (κ2) is 5.57. The van der Waals surface area contributed by atoms with Crippen molar-refractivity contribution in [2.45, 2.75) is 46.1 Å². The molecule has 0 aliphatic carbocycles. The van der Waals surface area contributed by atoms with Crippen LogP contribution in [0.1, 0.15) is 49.4 Å². The maximum atomic E-state index is 12.6. The van der Waals surface area contributed by atoms with Crippen LogP contribution in [0.4, 0.5) is 0 Å². The molecule has 0 aliphatic rings. The van der Waals surface area contributed by atoms with Crippen LogP contribution in [0.15, 0.2) is 30.6 Å². The molecular formula is C16H21N3O. The molecule has 0 radical (unpaired) electrons. The number of rotatable bonds is 4. The third kappa shape index (κ3) is 2.95. The van der Waals surface area contributed by atoms with Gasteiger partial charge in [-0.15, -0.1) is 0 Å². The second-order valence-corrected chi connectivity index (χ2v) is 5.89. The van der Waals surface area contributed by atoms with Crippen molar-refractivity contribution in [2.75, 3.05) is 0 Å². The number of hydrogen-bond acceptors (Lipinski definition) is 3. The summed E-state index contributed by atoms with van der Waals surface area (Å²) in [5, 5.41) is 4.11. The van der Waals surface area contributed by atoms with Gasteiger partial charge in [0.2, 0.25) is 0 Å². The molecule has 1 aromatic heterocycles. The summed E-state index contributed by atoms with van der Waals surface area (Å²) in [7, 11) is 0. The maximum Gasteiger partial charge on any atom is 0.170 e. The van der Waals surface area contributed by atoms with Crippen LogP contribution in [0.5, 0.6) is 0 Å². The van der Waals surface area contributed by atoms with Gasteiger partial charge in [-0.3, -0.25) is 4.79 Å². The van der Waals surface area contributed by atoms with Crippen molar-refractivity contribution < 1.29 is 4.79 Å². The predicted molar refractivity (Wildman–Crippen MR) is 78.9 cm³/mol. The fourth-order valence-corrected chi connectivity index (χ4v) is 2.31. The van der Waals surface area contributed by atoms with E-state index >= 15 is 0 Å². The highest BCUT2D eigenvalue weighted by Crippen LogP contribution is 2.26. The number of ketones is 1. The van der Waals surface area contributed by atoms with E-state index in [9.17, 15) is 4.79 Å². The van der Waals surface area contributed by atoms with Gasteiger partial charge < -0.3 is 0 Å². The lowest BCUT2D eigenvalue weighted by Gasteiger charge is -2.22. The Hall–Kier alpha value is -1.97. The van der Waals surface area contributed by atoms with Gasteiger partial charge in [0.25, 0.3) is 0 Å². The third-order valence-corrected chi connectivity index (χ3v) is 3.35. The minimum Gasteiger partial charge on any atom is -0.294 e. The van der Waals surface area contributed by atoms with Crippen LogP contribution in [0.2, 0.25) is 0 Å². The lowest BCUT2D eigenvalue weighted by Crippen LogP contribution is -2.19. The van der Waals surface area contributed by atoms with E-state index in [0.717, 1.165) is 23.5 Å². The van der Waals surface area contributed by atoms with Crippen molar-refractivity contribution in [1.82, 2.24) is 14.8 Å². The fraction of sp³-hybridized carbons (Fsp3) is 0.438. The molecule has 2 rings (SSSR count). The summed E-state index contributed by atoms with van der Waals surface area (Å²) in [5.74, 6) is 0.819. The summed E-state index contributed by atoms with van der Waals surface area (Å²) in [6, 6.07) is 7.81. The van der Waals surface area contributed by atoms with Gasteiger partial charge in [0.15, 0.2) is 5.78 Å². The lowest BCUT2D eigenvalue weighted by atomic mass is 9.82. The molecule has 0 spiro atoms. The first-order chi connectivity index (χ1) is 9.43. The molecule has 106 valence electrons. The van der Waals surface area contributed by atoms with Gasteiger partial charge in [-0.25, -0.2) is 9.67 Å². The highest BCUT2D eigenvalue weighted by Gasteiger charge is 2.22. The lowest BCUT2D eigenvalue weighted by molar-refractivity contribution is 0.0987. The molecule has 0 saturated carbocycles. The van der Waals surface area contributed by atoms with Crippen LogP contribution in [0.3, 0.4) is 0 Å². The quantitative estimate of drug-likeness (QED) is 0.803. The Morgan fingerprint density at radius 1 is 1.25 bits per heavy atom. The molecule has 4 heteroatoms. The van der Waals surface area contributed by atoms with Crippen molar-refractivity contribution in [3.63, 3.8) is 0 Å². The van der Waals surface area contributed by atoms with Gasteiger partial charge in [0.05, 0.1) is 6.42 Å². The van der Waals surface area contributed by atoms with E-state index < -0.39 is 0 Å². The van der Waals surface area contributed by atoms with E-state index in [1.807, 2.05) is 31.2 Å². The summed E-state index contributed by atoms with van der Waals surface area (Å²) in [6.07, 6.45) is 1.79. The fourth-order valence-electron chi connectivity index (χ4n) is 2.31. The molecule has 0 amide bonds. The molecule has 20 heavy (non-hydrogen) atoms. The van der Waals surface area contributed by atoms with Gasteiger partial charge in [0.1, 0.15) is 12.2 Å². The number of carbonyl (C=O) groups is 1. The van der Waals surface area contributed by atoms with Gasteiger partial charge in [-0.1, -0.05) is 45.0 Å². The summed E-state index contributed by atoms with van der Waals surface area (Å²) in [6.45, 7) is 9.07. The number of aromatic nitrogens is 3. The zero-order valence-corrected chi connectivity index (χ0v) is 12.6. The van der Waals surface area contributed by atoms with E-state index in [-0.39, 0.29) is 11.2 Å². The Bertz CT molecular complexity index is 608. The second-order valence-electron chi connectivity index (χ2n) is 5.89. The van der Waals surface area contributed by atoms with Crippen LogP contribution in [0.25, 0.3) is 0 Å². The Balaban J connectivity index is 2.31. The minimum absolute atomic E-state index is 0.0509. The molecule has 0 N–H and O–H groups in total. The van der Waals surface area contributed by atoms with E-state index in [0.29, 0.717) is 6.42 Å². The number of hydrogen-bond donors (Lipinski definition) is 0. The first kappa shape index (κ1) is 14.4. The average molecular weight is 271 g/mol. The molecule has 0 bridgehead atoms. The van der Waals surface area contributed by atoms with E-state index in [1.54, 1.807) is 4.68 Å². The summed E-state index contributed by atoms with van der Waals surface area (Å²) >= 11 is 0. The highest BCUT2D eigenvalue weighted by atomic mass is 16.1. The number of Topliss-reactive ketones (excluding diaryl/α,β-unsaturated/α-hetero) is 1. The SMILES string of the molecule is CCn1ncnc1CC(=O)c1ccccc1C(C)(C)C. The molecule has 0 unspecified atom stereocenters. The first-order valence-electron chi connectivity index (χ1n) is 6.93. The van der Waals surface area contributed by atoms with Crippen molar-refractivity contribution in [3.05, 3.63) is 47.5 Å². The molecule has 1 aromatic carbocycles. The first-order valence-corrected chi connectivity index (χ1v) is 6.93. The van der Waals surface area contributed by atoms with Crippen LogP contribution < -0.4 is 0 Å². The average Bonchev–Trinajstić information content (AvgIpc) is 2.85. The standard InChI is InChI=1S/C16H21N3O/c1-5-19-15(17-11-18-19)10-14(20)12-8-6-7-9-13(12)16(2,3)4/h6-9,11H,5,10H2,1-4H3. The van der Waals surface area contributed by atoms with E-state index in [1.165, 1.54) is 6.33 Å². The van der Waals surface area contributed by atoms with Crippen molar-refractivity contribution in [2.24, 2.45) is 0 Å². The van der Waals surface area contributed by atoms with Crippen molar-refractivity contribution >= 4 is 5.78 Å². The van der Waals surface area contributed by atoms with E-state index in [4.69, 9.17) is 0 Å². The summed E-state index contributed by atoms with van der Waals surface area (Å²) in [4.78, 5) is 16.7. The van der Waals surface area contributed by atoms with Crippen LogP contribution in [-0.4, -0.2) is 20.5 Å². The van der Waals surface area contributed by atoms with Crippen LogP contribution in [-0.2, 0) is 18.4 Å². The van der Waals surface area contributed by atoms with Crippen molar-refractivity contribution in [3.8, 4) is 0 Å². The van der Waals surface area contributed by atoms with E-state index in [2.05, 4.69) is 30.9 Å². The Morgan fingerprint density at radius 3 is 2.60 bits per heavy atom. The Labute approximate surface area is 119 Å². The number of carbonyl (C=O) groups excluding carboxylic acids is 1. The normalized spacial score (nSPS) is 11.6. The maximum absolute atomic E-state index is 12.6. The molecule has 0 fully saturated rings. The van der Waals surface area contributed by atoms with Crippen molar-refractivity contribution in [1.29, 1.82) is 0 Å². The smallest absolute Gasteiger partial charge is 0.170 e. The number of benzene rings is 1. The summed E-state index contributed by atoms with van der Waals surface area (Å²) in [5.41, 5.74) is 1.81. The Kier molecular flexibility index (Phi) is 4.02. The molecule has 4 nitrogen and oxygen atoms in total. The van der Waals surface area contributed by atoms with Gasteiger partial charge in [-0.05, 0) is 17.9 Å². The monoisotopic (exact) mass is 271 g/mol. The highest BCUT2D eigenvalue weighted by molar-refractivity contribution is 5.98. The largest absolute Gasteiger partial charge is 0.294 e.